The lowest BCUT2D eigenvalue weighted by Gasteiger charge is -2.16. The number of thiophene rings is 1. The number of rotatable bonds is 4. The molecule has 0 fully saturated rings. The summed E-state index contributed by atoms with van der Waals surface area (Å²) in [5.41, 5.74) is 3.54. The Morgan fingerprint density at radius 3 is 2.79 bits per heavy atom. The van der Waals surface area contributed by atoms with E-state index >= 15 is 0 Å². The van der Waals surface area contributed by atoms with Crippen LogP contribution in [-0.4, -0.2) is 25.7 Å². The molecule has 7 heteroatoms. The molecule has 1 aliphatic rings. The van der Waals surface area contributed by atoms with Gasteiger partial charge in [0, 0.05) is 16.5 Å². The topological polar surface area (TPSA) is 63.9 Å². The first-order chi connectivity index (χ1) is 14.1. The van der Waals surface area contributed by atoms with Crippen LogP contribution in [0, 0.1) is 0 Å². The van der Waals surface area contributed by atoms with Crippen LogP contribution in [0.2, 0.25) is 0 Å². The number of carbonyl (C=O) groups excluding carboxylic acids is 1. The number of fused-ring (bicyclic) bond motifs is 1. The number of hydrogen-bond donors (Lipinski definition) is 0. The second-order valence-electron chi connectivity index (χ2n) is 7.28. The summed E-state index contributed by atoms with van der Waals surface area (Å²) < 4.78 is 1.97. The van der Waals surface area contributed by atoms with Crippen LogP contribution in [0.15, 0.2) is 60.2 Å². The van der Waals surface area contributed by atoms with Gasteiger partial charge in [-0.2, -0.15) is 0 Å². The van der Waals surface area contributed by atoms with Gasteiger partial charge in [-0.05, 0) is 54.6 Å². The van der Waals surface area contributed by atoms with E-state index in [2.05, 4.69) is 36.2 Å². The quantitative estimate of drug-likeness (QED) is 0.492. The molecule has 4 aromatic rings. The molecule has 1 amide bonds. The minimum Gasteiger partial charge on any atom is -0.310 e. The third-order valence-electron chi connectivity index (χ3n) is 5.09. The molecule has 4 heterocycles. The van der Waals surface area contributed by atoms with E-state index in [1.54, 1.807) is 22.6 Å². The largest absolute Gasteiger partial charge is 0.310 e. The molecule has 0 N–H and O–H groups in total. The van der Waals surface area contributed by atoms with E-state index < -0.39 is 0 Å². The average molecular weight is 401 g/mol. The van der Waals surface area contributed by atoms with Gasteiger partial charge < -0.3 is 4.57 Å². The van der Waals surface area contributed by atoms with Gasteiger partial charge in [-0.15, -0.1) is 21.5 Å². The number of carbonyl (C=O) groups is 1. The molecule has 0 atom stereocenters. The van der Waals surface area contributed by atoms with Crippen LogP contribution in [0.5, 0.6) is 0 Å². The third-order valence-corrected chi connectivity index (χ3v) is 6.01. The highest BCUT2D eigenvalue weighted by Crippen LogP contribution is 2.33. The molecule has 144 valence electrons. The molecule has 29 heavy (non-hydrogen) atoms. The third kappa shape index (κ3) is 3.03. The molecule has 6 nitrogen and oxygen atoms in total. The highest BCUT2D eigenvalue weighted by molar-refractivity contribution is 7.13. The zero-order chi connectivity index (χ0) is 20.0. The van der Waals surface area contributed by atoms with Crippen molar-refractivity contribution in [3.8, 4) is 22.0 Å². The van der Waals surface area contributed by atoms with Crippen LogP contribution in [0.4, 0.5) is 5.82 Å². The Kier molecular flexibility index (Phi) is 4.24. The van der Waals surface area contributed by atoms with Gasteiger partial charge in [-0.25, -0.2) is 4.98 Å². The average Bonchev–Trinajstić information content (AvgIpc) is 3.48. The number of benzene rings is 1. The monoisotopic (exact) mass is 401 g/mol. The highest BCUT2D eigenvalue weighted by Gasteiger charge is 2.30. The summed E-state index contributed by atoms with van der Waals surface area (Å²) in [4.78, 5) is 20.8. The van der Waals surface area contributed by atoms with Gasteiger partial charge in [0.2, 0.25) is 0 Å². The zero-order valence-corrected chi connectivity index (χ0v) is 16.9. The molecule has 0 bridgehead atoms. The number of nitrogens with zero attached hydrogens (tertiary/aromatic N) is 5. The lowest BCUT2D eigenvalue weighted by atomic mass is 10.1. The molecule has 0 saturated carbocycles. The maximum absolute atomic E-state index is 13.1. The molecule has 0 spiro atoms. The molecule has 0 radical (unpaired) electrons. The molecule has 0 unspecified atom stereocenters. The SMILES string of the molecule is CC(C)n1cnnc1-c1cccc(N2Cc3ccc(-c4cccs4)cc3C2=O)n1. The first kappa shape index (κ1) is 17.8. The van der Waals surface area contributed by atoms with Crippen molar-refractivity contribution in [1.29, 1.82) is 0 Å². The Bertz CT molecular complexity index is 1200. The lowest BCUT2D eigenvalue weighted by Crippen LogP contribution is -2.24. The van der Waals surface area contributed by atoms with Crippen molar-refractivity contribution < 1.29 is 4.79 Å². The van der Waals surface area contributed by atoms with Crippen LogP contribution >= 0.6 is 11.3 Å². The summed E-state index contributed by atoms with van der Waals surface area (Å²) in [6, 6.07) is 16.1. The van der Waals surface area contributed by atoms with E-state index in [9.17, 15) is 4.79 Å². The van der Waals surface area contributed by atoms with Gasteiger partial charge in [-0.3, -0.25) is 9.69 Å². The van der Waals surface area contributed by atoms with Gasteiger partial charge in [0.15, 0.2) is 5.82 Å². The fourth-order valence-electron chi connectivity index (χ4n) is 3.58. The number of anilines is 1. The van der Waals surface area contributed by atoms with Crippen LogP contribution < -0.4 is 4.90 Å². The summed E-state index contributed by atoms with van der Waals surface area (Å²) in [5, 5.41) is 10.3. The van der Waals surface area contributed by atoms with Gasteiger partial charge >= 0.3 is 0 Å². The summed E-state index contributed by atoms with van der Waals surface area (Å²) >= 11 is 1.67. The maximum atomic E-state index is 13.1. The minimum absolute atomic E-state index is 0.0200. The van der Waals surface area contributed by atoms with Crippen molar-refractivity contribution in [3.63, 3.8) is 0 Å². The minimum atomic E-state index is -0.0200. The second-order valence-corrected chi connectivity index (χ2v) is 8.22. The Balaban J connectivity index is 1.49. The predicted molar refractivity (Wildman–Crippen MR) is 114 cm³/mol. The number of hydrogen-bond acceptors (Lipinski definition) is 5. The summed E-state index contributed by atoms with van der Waals surface area (Å²) in [7, 11) is 0. The molecule has 1 aliphatic heterocycles. The highest BCUT2D eigenvalue weighted by atomic mass is 32.1. The lowest BCUT2D eigenvalue weighted by molar-refractivity contribution is 0.0996. The maximum Gasteiger partial charge on any atom is 0.260 e. The van der Waals surface area contributed by atoms with Gasteiger partial charge in [0.05, 0.1) is 6.54 Å². The Hall–Kier alpha value is -3.32. The fourth-order valence-corrected chi connectivity index (χ4v) is 4.31. The predicted octanol–water partition coefficient (Wildman–Crippen LogP) is 4.81. The van der Waals surface area contributed by atoms with E-state index in [4.69, 9.17) is 4.98 Å². The van der Waals surface area contributed by atoms with Gasteiger partial charge in [-0.1, -0.05) is 24.3 Å². The standard InChI is InChI=1S/C22H19N5OS/c1-14(2)27-13-23-25-21(27)18-5-3-7-20(24-18)26-12-16-9-8-15(11-17(16)22(26)28)19-6-4-10-29-19/h3-11,13-14H,12H2,1-2H3. The zero-order valence-electron chi connectivity index (χ0n) is 16.1. The number of pyridine rings is 1. The Morgan fingerprint density at radius 1 is 1.10 bits per heavy atom. The molecule has 5 rings (SSSR count). The number of aromatic nitrogens is 4. The Morgan fingerprint density at radius 2 is 2.00 bits per heavy atom. The van der Waals surface area contributed by atoms with E-state index in [1.165, 1.54) is 0 Å². The van der Waals surface area contributed by atoms with Crippen LogP contribution in [-0.2, 0) is 6.54 Å². The molecule has 1 aromatic carbocycles. The van der Waals surface area contributed by atoms with E-state index in [1.807, 2.05) is 46.3 Å². The van der Waals surface area contributed by atoms with E-state index in [0.717, 1.165) is 21.6 Å². The first-order valence-electron chi connectivity index (χ1n) is 9.47. The van der Waals surface area contributed by atoms with Crippen molar-refractivity contribution in [2.24, 2.45) is 0 Å². The molecule has 0 saturated heterocycles. The van der Waals surface area contributed by atoms with Crippen molar-refractivity contribution >= 4 is 23.1 Å². The van der Waals surface area contributed by atoms with Gasteiger partial charge in [0.1, 0.15) is 17.8 Å². The molecular weight excluding hydrogens is 382 g/mol. The van der Waals surface area contributed by atoms with Crippen LogP contribution in [0.25, 0.3) is 22.0 Å². The second kappa shape index (κ2) is 6.93. The fraction of sp³-hybridized carbons (Fsp3) is 0.182. The summed E-state index contributed by atoms with van der Waals surface area (Å²) in [6.45, 7) is 4.66. The van der Waals surface area contributed by atoms with E-state index in [-0.39, 0.29) is 11.9 Å². The first-order valence-corrected chi connectivity index (χ1v) is 10.4. The van der Waals surface area contributed by atoms with Crippen molar-refractivity contribution in [2.45, 2.75) is 26.4 Å². The molecule has 3 aromatic heterocycles. The van der Waals surface area contributed by atoms with Crippen molar-refractivity contribution in [2.75, 3.05) is 4.90 Å². The molecule has 0 aliphatic carbocycles. The van der Waals surface area contributed by atoms with Gasteiger partial charge in [0.25, 0.3) is 5.91 Å². The summed E-state index contributed by atoms with van der Waals surface area (Å²) in [6.07, 6.45) is 1.71. The van der Waals surface area contributed by atoms with Crippen molar-refractivity contribution in [3.05, 3.63) is 71.4 Å². The normalized spacial score (nSPS) is 13.3. The smallest absolute Gasteiger partial charge is 0.260 e. The van der Waals surface area contributed by atoms with E-state index in [0.29, 0.717) is 23.9 Å². The summed E-state index contributed by atoms with van der Waals surface area (Å²) in [5.74, 6) is 1.30. The number of amides is 1. The van der Waals surface area contributed by atoms with Crippen molar-refractivity contribution in [1.82, 2.24) is 19.7 Å². The van der Waals surface area contributed by atoms with Crippen LogP contribution in [0.1, 0.15) is 35.8 Å². The molecular formula is C22H19N5OS. The Labute approximate surface area is 172 Å². The van der Waals surface area contributed by atoms with Crippen LogP contribution in [0.3, 0.4) is 0 Å².